The Bertz CT molecular complexity index is 492. The first-order valence-corrected chi connectivity index (χ1v) is 6.38. The Labute approximate surface area is 96.6 Å². The second kappa shape index (κ2) is 4.53. The maximum atomic E-state index is 12.0. The summed E-state index contributed by atoms with van der Waals surface area (Å²) in [5.74, 6) is 0. The van der Waals surface area contributed by atoms with Crippen molar-refractivity contribution >= 4 is 10.0 Å². The molecule has 1 N–H and O–H groups in total. The zero-order valence-corrected chi connectivity index (χ0v) is 10.8. The standard InChI is InChI=1S/C11H17NO3S/c1-8-5-9(2)11(6-10(8)7-13)16(14,15)12(3)4/h5-6,13H,7H2,1-4H3. The maximum Gasteiger partial charge on any atom is 0.242 e. The highest BCUT2D eigenvalue weighted by atomic mass is 32.2. The molecule has 0 bridgehead atoms. The van der Waals surface area contributed by atoms with Crippen LogP contribution in [0.3, 0.4) is 0 Å². The molecule has 0 unspecified atom stereocenters. The maximum absolute atomic E-state index is 12.0. The van der Waals surface area contributed by atoms with Crippen molar-refractivity contribution in [2.24, 2.45) is 0 Å². The molecule has 0 aliphatic heterocycles. The number of aliphatic hydroxyl groups is 1. The summed E-state index contributed by atoms with van der Waals surface area (Å²) in [7, 11) is -0.448. The van der Waals surface area contributed by atoms with Gasteiger partial charge in [-0.25, -0.2) is 12.7 Å². The van der Waals surface area contributed by atoms with Crippen LogP contribution in [0, 0.1) is 13.8 Å². The van der Waals surface area contributed by atoms with Crippen molar-refractivity contribution in [3.05, 3.63) is 28.8 Å². The van der Waals surface area contributed by atoms with E-state index in [0.29, 0.717) is 11.1 Å². The summed E-state index contributed by atoms with van der Waals surface area (Å²) in [5.41, 5.74) is 2.24. The summed E-state index contributed by atoms with van der Waals surface area (Å²) < 4.78 is 25.1. The van der Waals surface area contributed by atoms with Crippen LogP contribution in [0.25, 0.3) is 0 Å². The molecule has 0 heterocycles. The van der Waals surface area contributed by atoms with Gasteiger partial charge in [-0.05, 0) is 36.6 Å². The SMILES string of the molecule is Cc1cc(C)c(S(=O)(=O)N(C)C)cc1CO. The Morgan fingerprint density at radius 2 is 1.75 bits per heavy atom. The fourth-order valence-electron chi connectivity index (χ4n) is 1.52. The van der Waals surface area contributed by atoms with Gasteiger partial charge in [-0.3, -0.25) is 0 Å². The average Bonchev–Trinajstić information content (AvgIpc) is 2.17. The van der Waals surface area contributed by atoms with Crippen LogP contribution in [0.15, 0.2) is 17.0 Å². The van der Waals surface area contributed by atoms with Gasteiger partial charge in [-0.2, -0.15) is 0 Å². The van der Waals surface area contributed by atoms with Crippen molar-refractivity contribution in [2.75, 3.05) is 14.1 Å². The number of nitrogens with zero attached hydrogens (tertiary/aromatic N) is 1. The smallest absolute Gasteiger partial charge is 0.242 e. The molecular formula is C11H17NO3S. The van der Waals surface area contributed by atoms with Gasteiger partial charge in [0.1, 0.15) is 0 Å². The molecule has 5 heteroatoms. The predicted molar refractivity (Wildman–Crippen MR) is 62.7 cm³/mol. The Balaban J connectivity index is 3.47. The van der Waals surface area contributed by atoms with Crippen molar-refractivity contribution in [3.63, 3.8) is 0 Å². The Morgan fingerprint density at radius 1 is 1.19 bits per heavy atom. The van der Waals surface area contributed by atoms with E-state index >= 15 is 0 Å². The fraction of sp³-hybridized carbons (Fsp3) is 0.455. The van der Waals surface area contributed by atoms with Gasteiger partial charge >= 0.3 is 0 Å². The number of rotatable bonds is 3. The lowest BCUT2D eigenvalue weighted by atomic mass is 10.1. The van der Waals surface area contributed by atoms with Gasteiger partial charge in [-0.15, -0.1) is 0 Å². The topological polar surface area (TPSA) is 57.6 Å². The molecule has 0 fully saturated rings. The molecule has 0 saturated heterocycles. The predicted octanol–water partition coefficient (Wildman–Crippen LogP) is 1.05. The van der Waals surface area contributed by atoms with E-state index in [2.05, 4.69) is 0 Å². The van der Waals surface area contributed by atoms with E-state index in [0.717, 1.165) is 5.56 Å². The number of sulfonamides is 1. The highest BCUT2D eigenvalue weighted by molar-refractivity contribution is 7.89. The highest BCUT2D eigenvalue weighted by Gasteiger charge is 2.20. The van der Waals surface area contributed by atoms with Crippen LogP contribution in [0.1, 0.15) is 16.7 Å². The first-order chi connectivity index (χ1) is 7.30. The minimum atomic E-state index is -3.43. The van der Waals surface area contributed by atoms with Crippen molar-refractivity contribution in [1.29, 1.82) is 0 Å². The van der Waals surface area contributed by atoms with Gasteiger partial charge < -0.3 is 5.11 Å². The van der Waals surface area contributed by atoms with Crippen molar-refractivity contribution in [3.8, 4) is 0 Å². The first-order valence-electron chi connectivity index (χ1n) is 4.94. The van der Waals surface area contributed by atoms with Gasteiger partial charge in [0.05, 0.1) is 11.5 Å². The summed E-state index contributed by atoms with van der Waals surface area (Å²) in [4.78, 5) is 0.257. The third-order valence-corrected chi connectivity index (χ3v) is 4.52. The Kier molecular flexibility index (Phi) is 3.72. The third kappa shape index (κ3) is 2.26. The molecule has 0 radical (unpaired) electrons. The molecule has 0 saturated carbocycles. The lowest BCUT2D eigenvalue weighted by Crippen LogP contribution is -2.23. The summed E-state index contributed by atoms with van der Waals surface area (Å²) >= 11 is 0. The number of aryl methyl sites for hydroxylation is 2. The highest BCUT2D eigenvalue weighted by Crippen LogP contribution is 2.22. The molecule has 0 atom stereocenters. The summed E-state index contributed by atoms with van der Waals surface area (Å²) in [6.45, 7) is 3.46. The van der Waals surface area contributed by atoms with Gasteiger partial charge in [0.15, 0.2) is 0 Å². The van der Waals surface area contributed by atoms with E-state index < -0.39 is 10.0 Å². The van der Waals surface area contributed by atoms with Gasteiger partial charge in [-0.1, -0.05) is 6.07 Å². The summed E-state index contributed by atoms with van der Waals surface area (Å²) in [5, 5.41) is 9.13. The zero-order valence-electron chi connectivity index (χ0n) is 9.98. The summed E-state index contributed by atoms with van der Waals surface area (Å²) in [6.07, 6.45) is 0. The van der Waals surface area contributed by atoms with E-state index in [9.17, 15) is 8.42 Å². The van der Waals surface area contributed by atoms with Gasteiger partial charge in [0, 0.05) is 14.1 Å². The lowest BCUT2D eigenvalue weighted by Gasteiger charge is -2.15. The van der Waals surface area contributed by atoms with Crippen LogP contribution in [0.5, 0.6) is 0 Å². The Morgan fingerprint density at radius 3 is 2.19 bits per heavy atom. The number of aliphatic hydroxyl groups excluding tert-OH is 1. The molecule has 0 aliphatic carbocycles. The second-order valence-electron chi connectivity index (χ2n) is 3.99. The van der Waals surface area contributed by atoms with E-state index in [1.165, 1.54) is 18.4 Å². The Hall–Kier alpha value is -0.910. The molecule has 16 heavy (non-hydrogen) atoms. The van der Waals surface area contributed by atoms with Crippen molar-refractivity contribution in [1.82, 2.24) is 4.31 Å². The number of hydrogen-bond acceptors (Lipinski definition) is 3. The quantitative estimate of drug-likeness (QED) is 0.863. The zero-order chi connectivity index (χ0) is 12.5. The molecular weight excluding hydrogens is 226 g/mol. The van der Waals surface area contributed by atoms with E-state index in [1.807, 2.05) is 6.92 Å². The average molecular weight is 243 g/mol. The molecule has 0 amide bonds. The monoisotopic (exact) mass is 243 g/mol. The minimum absolute atomic E-state index is 0.151. The van der Waals surface area contributed by atoms with Crippen LogP contribution in [-0.4, -0.2) is 31.9 Å². The van der Waals surface area contributed by atoms with Crippen LogP contribution in [0.4, 0.5) is 0 Å². The lowest BCUT2D eigenvalue weighted by molar-refractivity contribution is 0.280. The number of benzene rings is 1. The third-order valence-electron chi connectivity index (χ3n) is 2.56. The van der Waals surface area contributed by atoms with Crippen LogP contribution >= 0.6 is 0 Å². The molecule has 1 aromatic carbocycles. The summed E-state index contributed by atoms with van der Waals surface area (Å²) in [6, 6.07) is 3.32. The van der Waals surface area contributed by atoms with E-state index in [-0.39, 0.29) is 11.5 Å². The molecule has 90 valence electrons. The normalized spacial score (nSPS) is 12.1. The molecule has 1 aromatic rings. The largest absolute Gasteiger partial charge is 0.392 e. The van der Waals surface area contributed by atoms with E-state index in [1.54, 1.807) is 19.1 Å². The number of hydrogen-bond donors (Lipinski definition) is 1. The van der Waals surface area contributed by atoms with Crippen LogP contribution < -0.4 is 0 Å². The molecule has 0 aliphatic rings. The van der Waals surface area contributed by atoms with Gasteiger partial charge in [0.2, 0.25) is 10.0 Å². The molecule has 4 nitrogen and oxygen atoms in total. The molecule has 0 spiro atoms. The van der Waals surface area contributed by atoms with Crippen molar-refractivity contribution < 1.29 is 13.5 Å². The second-order valence-corrected chi connectivity index (χ2v) is 6.11. The van der Waals surface area contributed by atoms with Gasteiger partial charge in [0.25, 0.3) is 0 Å². The minimum Gasteiger partial charge on any atom is -0.392 e. The van der Waals surface area contributed by atoms with E-state index in [4.69, 9.17) is 5.11 Å². The van der Waals surface area contributed by atoms with Crippen LogP contribution in [0.2, 0.25) is 0 Å². The fourth-order valence-corrected chi connectivity index (χ4v) is 2.67. The van der Waals surface area contributed by atoms with Crippen molar-refractivity contribution in [2.45, 2.75) is 25.3 Å². The molecule has 1 rings (SSSR count). The first kappa shape index (κ1) is 13.2. The molecule has 0 aromatic heterocycles. The van der Waals surface area contributed by atoms with Crippen LogP contribution in [-0.2, 0) is 16.6 Å².